The number of H-pyrrole nitrogens is 1. The predicted molar refractivity (Wildman–Crippen MR) is 91.2 cm³/mol. The number of hydrogen-bond acceptors (Lipinski definition) is 9. The Labute approximate surface area is 161 Å². The van der Waals surface area contributed by atoms with Crippen molar-refractivity contribution in [1.29, 1.82) is 0 Å². The average Bonchev–Trinajstić information content (AvgIpc) is 2.83. The number of aromatic amines is 1. The molecule has 0 aliphatic carbocycles. The first-order chi connectivity index (χ1) is 13.0. The number of alkyl halides is 3. The second kappa shape index (κ2) is 7.96. The van der Waals surface area contributed by atoms with Crippen LogP contribution in [0, 0.1) is 6.92 Å². The van der Waals surface area contributed by atoms with Crippen molar-refractivity contribution < 1.29 is 44.9 Å². The average molecular weight is 466 g/mol. The third kappa shape index (κ3) is 5.35. The smallest absolute Gasteiger partial charge is 0.385 e. The van der Waals surface area contributed by atoms with Gasteiger partial charge in [0.25, 0.3) is 5.56 Å². The highest BCUT2D eigenvalue weighted by molar-refractivity contribution is 7.87. The predicted octanol–water partition coefficient (Wildman–Crippen LogP) is -0.108. The summed E-state index contributed by atoms with van der Waals surface area (Å²) in [5, 5.41) is 10.2. The van der Waals surface area contributed by atoms with Crippen LogP contribution in [0.5, 0.6) is 0 Å². The number of rotatable bonds is 6. The van der Waals surface area contributed by atoms with Gasteiger partial charge in [-0.1, -0.05) is 0 Å². The van der Waals surface area contributed by atoms with E-state index < -0.39 is 65.1 Å². The topological polar surface area (TPSA) is 154 Å². The Balaban J connectivity index is 2.47. The van der Waals surface area contributed by atoms with Crippen molar-refractivity contribution in [1.82, 2.24) is 9.55 Å². The summed E-state index contributed by atoms with van der Waals surface area (Å²) in [6.07, 6.45) is -7.61. The Morgan fingerprint density at radius 1 is 1.34 bits per heavy atom. The summed E-state index contributed by atoms with van der Waals surface area (Å²) in [5.41, 5.74) is -7.83. The van der Waals surface area contributed by atoms with Gasteiger partial charge < -0.3 is 19.1 Å². The molecule has 166 valence electrons. The Bertz CT molecular complexity index is 1030. The van der Waals surface area contributed by atoms with E-state index in [-0.39, 0.29) is 5.56 Å². The molecular weight excluding hydrogens is 448 g/mol. The van der Waals surface area contributed by atoms with E-state index in [0.717, 1.165) is 6.20 Å². The second-order valence-corrected chi connectivity index (χ2v) is 11.7. The van der Waals surface area contributed by atoms with Crippen molar-refractivity contribution in [3.8, 4) is 0 Å². The quantitative estimate of drug-likeness (QED) is 0.332. The maximum atomic E-state index is 12.7. The Hall–Kier alpha value is -1.51. The third-order valence-corrected chi connectivity index (χ3v) is 5.47. The molecule has 0 bridgehead atoms. The number of ether oxygens (including phenoxy) is 2. The van der Waals surface area contributed by atoms with Gasteiger partial charge in [-0.2, -0.15) is 21.6 Å². The summed E-state index contributed by atoms with van der Waals surface area (Å²) < 4.78 is 87.7. The molecule has 0 spiro atoms. The van der Waals surface area contributed by atoms with Crippen LogP contribution in [0.25, 0.3) is 0 Å². The summed E-state index contributed by atoms with van der Waals surface area (Å²) in [5.74, 6) is 0. The fourth-order valence-corrected chi connectivity index (χ4v) is 3.43. The zero-order valence-electron chi connectivity index (χ0n) is 15.2. The van der Waals surface area contributed by atoms with Crippen molar-refractivity contribution in [2.75, 3.05) is 19.7 Å². The summed E-state index contributed by atoms with van der Waals surface area (Å²) in [4.78, 5) is 25.4. The number of aliphatic hydroxyl groups excluding tert-OH is 1. The second-order valence-electron chi connectivity index (χ2n) is 6.69. The summed E-state index contributed by atoms with van der Waals surface area (Å²) in [6, 6.07) is 0. The maximum Gasteiger partial charge on any atom is 0.523 e. The SMILES string of the molecule is Cc1cn([C@H]2O[C@@H](OCP(C)(C)=O)[C@H](O)[C@@H]2OS(=O)(=O)C(F)(F)F)c(=O)[nH]c1=O. The molecule has 1 saturated heterocycles. The highest BCUT2D eigenvalue weighted by Gasteiger charge is 2.55. The molecule has 2 rings (SSSR count). The number of halogens is 3. The van der Waals surface area contributed by atoms with Crippen LogP contribution in [0.3, 0.4) is 0 Å². The van der Waals surface area contributed by atoms with Crippen molar-refractivity contribution in [2.45, 2.75) is 37.2 Å². The van der Waals surface area contributed by atoms with E-state index in [2.05, 4.69) is 4.18 Å². The van der Waals surface area contributed by atoms with E-state index in [0.29, 0.717) is 4.57 Å². The van der Waals surface area contributed by atoms with Gasteiger partial charge >= 0.3 is 21.3 Å². The lowest BCUT2D eigenvalue weighted by molar-refractivity contribution is -0.167. The van der Waals surface area contributed by atoms with Crippen LogP contribution in [0.15, 0.2) is 15.8 Å². The van der Waals surface area contributed by atoms with Gasteiger partial charge in [-0.05, 0) is 20.3 Å². The fraction of sp³-hybridized carbons (Fsp3) is 0.692. The van der Waals surface area contributed by atoms with Gasteiger partial charge in [-0.3, -0.25) is 18.5 Å². The van der Waals surface area contributed by atoms with Gasteiger partial charge in [0.2, 0.25) is 0 Å². The van der Waals surface area contributed by atoms with Crippen LogP contribution in [0.1, 0.15) is 11.8 Å². The first kappa shape index (κ1) is 23.8. The highest BCUT2D eigenvalue weighted by Crippen LogP contribution is 2.40. The van der Waals surface area contributed by atoms with Crippen LogP contribution in [-0.4, -0.2) is 66.8 Å². The number of aryl methyl sites for hydroxylation is 1. The van der Waals surface area contributed by atoms with Gasteiger partial charge in [0, 0.05) is 11.8 Å². The van der Waals surface area contributed by atoms with Crippen LogP contribution in [0.4, 0.5) is 13.2 Å². The van der Waals surface area contributed by atoms with E-state index in [1.54, 1.807) is 0 Å². The molecule has 1 aromatic rings. The molecule has 0 radical (unpaired) electrons. The van der Waals surface area contributed by atoms with E-state index in [4.69, 9.17) is 9.47 Å². The lowest BCUT2D eigenvalue weighted by Crippen LogP contribution is -2.42. The zero-order chi connectivity index (χ0) is 22.4. The largest absolute Gasteiger partial charge is 0.523 e. The number of nitrogens with zero attached hydrogens (tertiary/aromatic N) is 1. The molecule has 1 aliphatic heterocycles. The molecule has 1 aromatic heterocycles. The lowest BCUT2D eigenvalue weighted by Gasteiger charge is -2.22. The molecule has 0 amide bonds. The van der Waals surface area contributed by atoms with Crippen molar-refractivity contribution in [3.63, 3.8) is 0 Å². The molecule has 0 unspecified atom stereocenters. The monoisotopic (exact) mass is 466 g/mol. The third-order valence-electron chi connectivity index (χ3n) is 3.66. The van der Waals surface area contributed by atoms with E-state index in [1.807, 2.05) is 4.98 Å². The van der Waals surface area contributed by atoms with E-state index in [1.165, 1.54) is 20.3 Å². The zero-order valence-corrected chi connectivity index (χ0v) is 17.0. The normalized spacial score (nSPS) is 26.0. The van der Waals surface area contributed by atoms with Crippen molar-refractivity contribution in [2.24, 2.45) is 0 Å². The van der Waals surface area contributed by atoms with Crippen molar-refractivity contribution in [3.05, 3.63) is 32.6 Å². The number of hydrogen-bond donors (Lipinski definition) is 2. The molecule has 0 aromatic carbocycles. The van der Waals surface area contributed by atoms with Gasteiger partial charge in [0.05, 0.1) is 0 Å². The summed E-state index contributed by atoms with van der Waals surface area (Å²) >= 11 is 0. The van der Waals surface area contributed by atoms with Crippen molar-refractivity contribution >= 4 is 17.3 Å². The Morgan fingerprint density at radius 2 is 1.93 bits per heavy atom. The Kier molecular flexibility index (Phi) is 6.53. The van der Waals surface area contributed by atoms with E-state index in [9.17, 15) is 40.8 Å². The van der Waals surface area contributed by atoms with Crippen LogP contribution >= 0.6 is 7.14 Å². The van der Waals surface area contributed by atoms with Gasteiger partial charge in [0.15, 0.2) is 18.6 Å². The number of aliphatic hydroxyl groups is 1. The van der Waals surface area contributed by atoms with Crippen LogP contribution in [0.2, 0.25) is 0 Å². The minimum atomic E-state index is -6.19. The van der Waals surface area contributed by atoms with Gasteiger partial charge in [-0.25, -0.2) is 4.79 Å². The summed E-state index contributed by atoms with van der Waals surface area (Å²) in [6.45, 7) is 3.91. The summed E-state index contributed by atoms with van der Waals surface area (Å²) in [7, 11) is -9.01. The highest BCUT2D eigenvalue weighted by atomic mass is 32.2. The number of nitrogens with one attached hydrogen (secondary N) is 1. The molecule has 0 saturated carbocycles. The van der Waals surface area contributed by atoms with Gasteiger partial charge in [-0.15, -0.1) is 0 Å². The molecule has 11 nitrogen and oxygen atoms in total. The first-order valence-electron chi connectivity index (χ1n) is 7.84. The Morgan fingerprint density at radius 3 is 2.45 bits per heavy atom. The van der Waals surface area contributed by atoms with Crippen LogP contribution < -0.4 is 11.2 Å². The van der Waals surface area contributed by atoms with Gasteiger partial charge in [0.1, 0.15) is 19.6 Å². The standard InChI is InChI=1S/C13H18F3N2O9PS/c1-6-4-18(12(21)17-9(6)20)10-8(27-29(23,24)13(14,15)16)7(19)11(26-10)25-5-28(2,3)22/h4,7-8,10-11,19H,5H2,1-3H3,(H,17,20,21)/t7-,8+,10+,11-/m1/s1. The molecular formula is C13H18F3N2O9PS. The van der Waals surface area contributed by atoms with E-state index >= 15 is 0 Å². The number of aromatic nitrogens is 2. The fourth-order valence-electron chi connectivity index (χ4n) is 2.31. The molecule has 2 heterocycles. The molecule has 16 heteroatoms. The maximum absolute atomic E-state index is 12.7. The molecule has 4 atom stereocenters. The molecule has 2 N–H and O–H groups in total. The lowest BCUT2D eigenvalue weighted by atomic mass is 10.2. The first-order valence-corrected chi connectivity index (χ1v) is 12.0. The molecule has 1 aliphatic rings. The molecule has 29 heavy (non-hydrogen) atoms. The van der Waals surface area contributed by atoms with Crippen LogP contribution in [-0.2, 0) is 28.3 Å². The minimum absolute atomic E-state index is 0.0592. The molecule has 1 fully saturated rings. The minimum Gasteiger partial charge on any atom is -0.385 e.